The number of nitrogens with one attached hydrogen (secondary N) is 1. The van der Waals surface area contributed by atoms with Crippen LogP contribution in [0.15, 0.2) is 51.4 Å². The summed E-state index contributed by atoms with van der Waals surface area (Å²) in [6, 6.07) is 3.06. The van der Waals surface area contributed by atoms with E-state index >= 15 is 0 Å². The van der Waals surface area contributed by atoms with E-state index in [1.54, 1.807) is 0 Å². The van der Waals surface area contributed by atoms with Crippen LogP contribution < -0.4 is 5.32 Å². The van der Waals surface area contributed by atoms with Crippen molar-refractivity contribution in [2.45, 2.75) is 37.4 Å². The van der Waals surface area contributed by atoms with E-state index in [-0.39, 0.29) is 26.0 Å². The number of alkyl halides is 9. The SMILES string of the molecule is C[C@@H](NC(=O)c1ccc(/C(F)=C/C(c2cc(Br)cc(Br)c2)C(F)(F)F)cc1C(F)(F)F)C(=O)N(C)CC(F)(F)F. The van der Waals surface area contributed by atoms with Crippen LogP contribution in [0.5, 0.6) is 0 Å². The molecular formula is C24H18Br2F10N2O2. The summed E-state index contributed by atoms with van der Waals surface area (Å²) in [4.78, 5) is 24.8. The largest absolute Gasteiger partial charge is 0.417 e. The Hall–Kier alpha value is -2.62. The number of allylic oxidation sites excluding steroid dienone is 1. The van der Waals surface area contributed by atoms with Crippen molar-refractivity contribution in [2.24, 2.45) is 0 Å². The summed E-state index contributed by atoms with van der Waals surface area (Å²) in [7, 11) is 0.768. The first-order chi connectivity index (χ1) is 18.1. The minimum atomic E-state index is -5.30. The highest BCUT2D eigenvalue weighted by Crippen LogP contribution is 2.41. The maximum absolute atomic E-state index is 15.0. The fraction of sp³-hybridized carbons (Fsp3) is 0.333. The molecule has 220 valence electrons. The van der Waals surface area contributed by atoms with Crippen molar-refractivity contribution in [3.63, 3.8) is 0 Å². The molecule has 0 radical (unpaired) electrons. The van der Waals surface area contributed by atoms with Crippen LogP contribution in [0, 0.1) is 0 Å². The molecule has 2 atom stereocenters. The first-order valence-corrected chi connectivity index (χ1v) is 12.4. The predicted molar refractivity (Wildman–Crippen MR) is 132 cm³/mol. The van der Waals surface area contributed by atoms with E-state index in [9.17, 15) is 53.5 Å². The number of carbonyl (C=O) groups excluding carboxylic acids is 2. The Morgan fingerprint density at radius 1 is 0.950 bits per heavy atom. The summed E-state index contributed by atoms with van der Waals surface area (Å²) in [5.41, 5.74) is -4.24. The summed E-state index contributed by atoms with van der Waals surface area (Å²) in [6.45, 7) is -0.745. The molecule has 0 saturated carbocycles. The maximum Gasteiger partial charge on any atom is 0.417 e. The van der Waals surface area contributed by atoms with Crippen molar-refractivity contribution in [3.05, 3.63) is 73.7 Å². The topological polar surface area (TPSA) is 49.4 Å². The predicted octanol–water partition coefficient (Wildman–Crippen LogP) is 8.03. The number of carbonyl (C=O) groups is 2. The molecule has 2 aromatic carbocycles. The van der Waals surface area contributed by atoms with Gasteiger partial charge in [0.15, 0.2) is 0 Å². The Morgan fingerprint density at radius 3 is 1.98 bits per heavy atom. The van der Waals surface area contributed by atoms with Crippen LogP contribution in [0.25, 0.3) is 5.83 Å². The molecule has 0 aliphatic carbocycles. The molecule has 0 aliphatic heterocycles. The van der Waals surface area contributed by atoms with Crippen LogP contribution in [-0.2, 0) is 11.0 Å². The van der Waals surface area contributed by atoms with Crippen LogP contribution in [0.3, 0.4) is 0 Å². The number of halogens is 12. The molecule has 0 saturated heterocycles. The smallest absolute Gasteiger partial charge is 0.341 e. The Balaban J connectivity index is 2.45. The first kappa shape index (κ1) is 33.6. The van der Waals surface area contributed by atoms with Crippen molar-refractivity contribution in [1.82, 2.24) is 10.2 Å². The molecule has 0 aromatic heterocycles. The summed E-state index contributed by atoms with van der Waals surface area (Å²) in [5.74, 6) is -7.02. The Morgan fingerprint density at radius 2 is 1.50 bits per heavy atom. The number of rotatable bonds is 7. The Kier molecular flexibility index (Phi) is 10.5. The highest BCUT2D eigenvalue weighted by atomic mass is 79.9. The van der Waals surface area contributed by atoms with Gasteiger partial charge >= 0.3 is 18.5 Å². The van der Waals surface area contributed by atoms with Crippen molar-refractivity contribution < 1.29 is 53.5 Å². The van der Waals surface area contributed by atoms with Gasteiger partial charge in [-0.25, -0.2) is 4.39 Å². The zero-order chi connectivity index (χ0) is 30.8. The highest BCUT2D eigenvalue weighted by Gasteiger charge is 2.41. The molecule has 1 N–H and O–H groups in total. The number of hydrogen-bond acceptors (Lipinski definition) is 2. The number of hydrogen-bond donors (Lipinski definition) is 1. The fourth-order valence-electron chi connectivity index (χ4n) is 3.52. The van der Waals surface area contributed by atoms with E-state index in [0.29, 0.717) is 12.1 Å². The van der Waals surface area contributed by atoms with Crippen LogP contribution in [0.4, 0.5) is 43.9 Å². The third-order valence-electron chi connectivity index (χ3n) is 5.27. The average molecular weight is 716 g/mol. The van der Waals surface area contributed by atoms with Gasteiger partial charge in [0, 0.05) is 21.6 Å². The van der Waals surface area contributed by atoms with Crippen molar-refractivity contribution in [1.29, 1.82) is 0 Å². The van der Waals surface area contributed by atoms with Crippen LogP contribution in [-0.4, -0.2) is 48.7 Å². The van der Waals surface area contributed by atoms with E-state index in [1.807, 2.05) is 5.32 Å². The molecule has 2 amide bonds. The number of nitrogens with zero attached hydrogens (tertiary/aromatic N) is 1. The van der Waals surface area contributed by atoms with E-state index in [2.05, 4.69) is 31.9 Å². The molecule has 1 unspecified atom stereocenters. The molecule has 40 heavy (non-hydrogen) atoms. The summed E-state index contributed by atoms with van der Waals surface area (Å²) >= 11 is 6.02. The minimum absolute atomic E-state index is 0.0840. The van der Waals surface area contributed by atoms with E-state index in [4.69, 9.17) is 0 Å². The van der Waals surface area contributed by atoms with Gasteiger partial charge in [0.2, 0.25) is 5.91 Å². The standard InChI is InChI=1S/C24H18Br2F10N2O2/c1-11(21(40)38(2)10-22(28,29)30)37-20(39)16-4-3-12(7-18(16)24(34,35)36)19(27)9-17(23(31,32)33)13-5-14(25)8-15(26)6-13/h3-9,11,17H,10H2,1-2H3,(H,37,39)/b19-9-/t11-,17?/m1/s1. The van der Waals surface area contributed by atoms with Gasteiger partial charge in [-0.3, -0.25) is 9.59 Å². The molecule has 0 heterocycles. The Labute approximate surface area is 237 Å². The second-order valence-electron chi connectivity index (χ2n) is 8.50. The molecule has 0 bridgehead atoms. The van der Waals surface area contributed by atoms with Gasteiger partial charge in [0.1, 0.15) is 24.3 Å². The first-order valence-electron chi connectivity index (χ1n) is 10.8. The van der Waals surface area contributed by atoms with Gasteiger partial charge in [0.25, 0.3) is 5.91 Å². The molecule has 16 heteroatoms. The maximum atomic E-state index is 15.0. The number of amides is 2. The van der Waals surface area contributed by atoms with Crippen molar-refractivity contribution in [2.75, 3.05) is 13.6 Å². The van der Waals surface area contributed by atoms with Crippen LogP contribution in [0.2, 0.25) is 0 Å². The third kappa shape index (κ3) is 9.21. The van der Waals surface area contributed by atoms with Gasteiger partial charge in [-0.1, -0.05) is 37.9 Å². The summed E-state index contributed by atoms with van der Waals surface area (Å²) < 4.78 is 135. The quantitative estimate of drug-likeness (QED) is 0.296. The lowest BCUT2D eigenvalue weighted by molar-refractivity contribution is -0.159. The molecule has 0 fully saturated rings. The number of likely N-dealkylation sites (N-methyl/N-ethyl adjacent to an activating group) is 1. The van der Waals surface area contributed by atoms with Gasteiger partial charge in [-0.15, -0.1) is 0 Å². The lowest BCUT2D eigenvalue weighted by atomic mass is 9.95. The number of benzene rings is 2. The molecule has 0 aliphatic rings. The lowest BCUT2D eigenvalue weighted by Crippen LogP contribution is -2.48. The second-order valence-corrected chi connectivity index (χ2v) is 10.3. The van der Waals surface area contributed by atoms with Gasteiger partial charge in [-0.05, 0) is 48.9 Å². The average Bonchev–Trinajstić information content (AvgIpc) is 2.78. The van der Waals surface area contributed by atoms with Crippen molar-refractivity contribution >= 4 is 49.5 Å². The molecule has 2 aromatic rings. The van der Waals surface area contributed by atoms with Gasteiger partial charge < -0.3 is 10.2 Å². The molecular weight excluding hydrogens is 698 g/mol. The lowest BCUT2D eigenvalue weighted by Gasteiger charge is -2.23. The fourth-order valence-corrected chi connectivity index (χ4v) is 4.84. The molecule has 0 spiro atoms. The van der Waals surface area contributed by atoms with Gasteiger partial charge in [0.05, 0.1) is 11.1 Å². The van der Waals surface area contributed by atoms with Crippen molar-refractivity contribution in [3.8, 4) is 0 Å². The van der Waals surface area contributed by atoms with Gasteiger partial charge in [-0.2, -0.15) is 39.5 Å². The van der Waals surface area contributed by atoms with Crippen LogP contribution in [0.1, 0.15) is 39.9 Å². The molecule has 4 nitrogen and oxygen atoms in total. The Bertz CT molecular complexity index is 1270. The third-order valence-corrected chi connectivity index (χ3v) is 6.18. The second kappa shape index (κ2) is 12.5. The molecule has 2 rings (SSSR count). The van der Waals surface area contributed by atoms with E-state index in [0.717, 1.165) is 26.1 Å². The summed E-state index contributed by atoms with van der Waals surface area (Å²) in [6.07, 6.45) is -15.0. The zero-order valence-corrected chi connectivity index (χ0v) is 23.4. The van der Waals surface area contributed by atoms with E-state index < -0.39 is 76.9 Å². The zero-order valence-electron chi connectivity index (χ0n) is 20.2. The normalized spacial score (nSPS) is 14.5. The van der Waals surface area contributed by atoms with E-state index in [1.165, 1.54) is 6.07 Å². The minimum Gasteiger partial charge on any atom is -0.341 e. The highest BCUT2D eigenvalue weighted by molar-refractivity contribution is 9.11. The summed E-state index contributed by atoms with van der Waals surface area (Å²) in [5, 5.41) is 1.84. The van der Waals surface area contributed by atoms with Crippen LogP contribution >= 0.6 is 31.9 Å². The monoisotopic (exact) mass is 714 g/mol.